The molecule has 0 unspecified atom stereocenters. The van der Waals surface area contributed by atoms with E-state index in [9.17, 15) is 24.3 Å². The highest BCUT2D eigenvalue weighted by molar-refractivity contribution is 5.99. The predicted octanol–water partition coefficient (Wildman–Crippen LogP) is 2.30. The number of likely N-dealkylation sites (tertiary alicyclic amines) is 1. The lowest BCUT2D eigenvalue weighted by Crippen LogP contribution is -2.60. The van der Waals surface area contributed by atoms with E-state index in [1.165, 1.54) is 4.90 Å². The Bertz CT molecular complexity index is 1310. The first kappa shape index (κ1) is 30.5. The Kier molecular flexibility index (Phi) is 8.91. The minimum atomic E-state index is -1.35. The molecule has 7 atom stereocenters. The van der Waals surface area contributed by atoms with Gasteiger partial charge >= 0.3 is 5.97 Å². The lowest BCUT2D eigenvalue weighted by molar-refractivity contribution is -0.159. The van der Waals surface area contributed by atoms with Crippen molar-refractivity contribution in [3.63, 3.8) is 0 Å². The van der Waals surface area contributed by atoms with Crippen LogP contribution in [-0.4, -0.2) is 94.2 Å². The fraction of sp³-hybridized carbons (Fsp3) is 0.588. The molecule has 1 saturated carbocycles. The summed E-state index contributed by atoms with van der Waals surface area (Å²) in [5, 5.41) is 13.5. The normalized spacial score (nSPS) is 34.5. The van der Waals surface area contributed by atoms with E-state index in [1.807, 2.05) is 47.4 Å². The highest BCUT2D eigenvalue weighted by Gasteiger charge is 2.74. The van der Waals surface area contributed by atoms with Crippen LogP contribution in [0.15, 0.2) is 54.6 Å². The van der Waals surface area contributed by atoms with Gasteiger partial charge in [-0.1, -0.05) is 73.9 Å². The summed E-state index contributed by atoms with van der Waals surface area (Å²) < 4.78 is 12.3. The number of aliphatic hydroxyl groups is 1. The van der Waals surface area contributed by atoms with Crippen molar-refractivity contribution in [1.29, 1.82) is 0 Å². The Morgan fingerprint density at radius 3 is 2.57 bits per heavy atom. The van der Waals surface area contributed by atoms with Crippen LogP contribution in [0.4, 0.5) is 0 Å². The summed E-state index contributed by atoms with van der Waals surface area (Å²) in [6.07, 6.45) is 12.1. The van der Waals surface area contributed by atoms with E-state index in [-0.39, 0.29) is 43.3 Å². The van der Waals surface area contributed by atoms with Gasteiger partial charge in [0.05, 0.1) is 31.2 Å². The Balaban J connectivity index is 1.43. The van der Waals surface area contributed by atoms with Gasteiger partial charge in [-0.05, 0) is 38.2 Å². The number of fused-ring (bicyclic) bond motifs is 2. The Hall–Kier alpha value is -3.50. The first-order valence-electron chi connectivity index (χ1n) is 16.1. The number of amides is 3. The number of allylic oxidation sites excluding steroid dienone is 1. The summed E-state index contributed by atoms with van der Waals surface area (Å²) in [5.41, 5.74) is -0.427. The number of nitrogens with zero attached hydrogens (tertiary/aromatic N) is 2. The van der Waals surface area contributed by atoms with Gasteiger partial charge in [0.15, 0.2) is 0 Å². The van der Waals surface area contributed by atoms with Crippen molar-refractivity contribution in [2.24, 2.45) is 11.8 Å². The molecule has 44 heavy (non-hydrogen) atoms. The van der Waals surface area contributed by atoms with Crippen LogP contribution in [0, 0.1) is 11.8 Å². The molecule has 2 N–H and O–H groups in total. The average molecular weight is 606 g/mol. The number of carbonyl (C=O) groups excluding carboxylic acids is 4. The van der Waals surface area contributed by atoms with Crippen LogP contribution in [0.5, 0.6) is 0 Å². The van der Waals surface area contributed by atoms with Gasteiger partial charge in [0.2, 0.25) is 17.7 Å². The molecule has 4 heterocycles. The van der Waals surface area contributed by atoms with Gasteiger partial charge in [-0.15, -0.1) is 0 Å². The van der Waals surface area contributed by atoms with Gasteiger partial charge in [-0.25, -0.2) is 0 Å². The molecule has 5 aliphatic rings. The van der Waals surface area contributed by atoms with Gasteiger partial charge in [0.25, 0.3) is 0 Å². The molecular weight excluding hydrogens is 562 g/mol. The minimum absolute atomic E-state index is 0.00965. The zero-order valence-corrected chi connectivity index (χ0v) is 25.3. The molecule has 5 bridgehead atoms. The zero-order valence-electron chi connectivity index (χ0n) is 25.3. The number of benzene rings is 1. The Morgan fingerprint density at radius 1 is 1.05 bits per heavy atom. The summed E-state index contributed by atoms with van der Waals surface area (Å²) in [6, 6.07) is 7.82. The van der Waals surface area contributed by atoms with Crippen molar-refractivity contribution in [2.45, 2.75) is 94.2 Å². The third kappa shape index (κ3) is 5.58. The molecule has 0 radical (unpaired) electrons. The second-order valence-corrected chi connectivity index (χ2v) is 12.8. The van der Waals surface area contributed by atoms with Crippen molar-refractivity contribution in [3.8, 4) is 0 Å². The summed E-state index contributed by atoms with van der Waals surface area (Å²) in [4.78, 5) is 59.0. The van der Waals surface area contributed by atoms with Gasteiger partial charge in [-0.2, -0.15) is 0 Å². The molecule has 1 aromatic rings. The van der Waals surface area contributed by atoms with Gasteiger partial charge in [0, 0.05) is 19.0 Å². The van der Waals surface area contributed by atoms with E-state index in [4.69, 9.17) is 9.47 Å². The number of rotatable bonds is 5. The second-order valence-electron chi connectivity index (χ2n) is 12.8. The zero-order chi connectivity index (χ0) is 30.8. The van der Waals surface area contributed by atoms with Gasteiger partial charge < -0.3 is 29.7 Å². The van der Waals surface area contributed by atoms with Crippen molar-refractivity contribution in [1.82, 2.24) is 15.1 Å². The van der Waals surface area contributed by atoms with E-state index in [0.29, 0.717) is 19.4 Å². The van der Waals surface area contributed by atoms with Crippen LogP contribution in [0.1, 0.15) is 57.4 Å². The van der Waals surface area contributed by atoms with Crippen molar-refractivity contribution >= 4 is 23.7 Å². The van der Waals surface area contributed by atoms with Crippen LogP contribution in [0.3, 0.4) is 0 Å². The molecule has 3 amide bonds. The van der Waals surface area contributed by atoms with Crippen molar-refractivity contribution < 1.29 is 33.8 Å². The molecule has 236 valence electrons. The maximum absolute atomic E-state index is 15.0. The molecule has 6 rings (SSSR count). The molecule has 10 heteroatoms. The summed E-state index contributed by atoms with van der Waals surface area (Å²) in [6.45, 7) is 1.83. The Labute approximate surface area is 258 Å². The lowest BCUT2D eigenvalue weighted by Gasteiger charge is -2.42. The summed E-state index contributed by atoms with van der Waals surface area (Å²) >= 11 is 0. The highest BCUT2D eigenvalue weighted by Crippen LogP contribution is 2.56. The molecule has 1 aliphatic carbocycles. The number of cyclic esters (lactones) is 1. The number of nitrogens with one attached hydrogen (secondary N) is 1. The lowest BCUT2D eigenvalue weighted by atomic mass is 9.74. The second kappa shape index (κ2) is 12.9. The number of hydrogen-bond donors (Lipinski definition) is 2. The first-order valence-corrected chi connectivity index (χ1v) is 16.1. The monoisotopic (exact) mass is 605 g/mol. The number of hydrogen-bond acceptors (Lipinski definition) is 7. The standard InChI is InChI=1S/C34H43N3O7/c1-22-20-35-27(39)15-9-4-10-18-36(24-13-7-3-8-14-24)32(41)30-34-17-16-26(44-34)28(33(42)43-22)29(34)31(40)37(30)25(21-38)19-23-11-5-2-6-12-23/h2,4-6,10-12,16-17,22,24-26,28-30,38H,3,7-9,13-15,18-21H2,1H3,(H,35,39)/b10-4-/t22-,25+,26+,28-,29-,30+,34-/m0/s1. The van der Waals surface area contributed by atoms with Crippen LogP contribution in [-0.2, 0) is 35.1 Å². The van der Waals surface area contributed by atoms with E-state index in [0.717, 1.165) is 37.7 Å². The predicted molar refractivity (Wildman–Crippen MR) is 161 cm³/mol. The third-order valence-electron chi connectivity index (χ3n) is 9.95. The largest absolute Gasteiger partial charge is 0.460 e. The number of esters is 1. The van der Waals surface area contributed by atoms with Crippen LogP contribution < -0.4 is 5.32 Å². The van der Waals surface area contributed by atoms with Gasteiger partial charge in [-0.3, -0.25) is 19.2 Å². The minimum Gasteiger partial charge on any atom is -0.460 e. The smallest absolute Gasteiger partial charge is 0.313 e. The Morgan fingerprint density at radius 2 is 1.82 bits per heavy atom. The summed E-state index contributed by atoms with van der Waals surface area (Å²) in [5.74, 6) is -3.27. The fourth-order valence-electron chi connectivity index (χ4n) is 7.84. The van der Waals surface area contributed by atoms with E-state index in [2.05, 4.69) is 5.32 Å². The fourth-order valence-corrected chi connectivity index (χ4v) is 7.84. The first-order chi connectivity index (χ1) is 21.3. The van der Waals surface area contributed by atoms with Crippen molar-refractivity contribution in [2.75, 3.05) is 19.7 Å². The maximum Gasteiger partial charge on any atom is 0.313 e. The molecule has 10 nitrogen and oxygen atoms in total. The van der Waals surface area contributed by atoms with Crippen LogP contribution in [0.25, 0.3) is 0 Å². The van der Waals surface area contributed by atoms with Crippen molar-refractivity contribution in [3.05, 3.63) is 60.2 Å². The molecule has 0 aromatic heterocycles. The third-order valence-corrected chi connectivity index (χ3v) is 9.95. The summed E-state index contributed by atoms with van der Waals surface area (Å²) in [7, 11) is 0. The number of aliphatic hydroxyl groups excluding tert-OH is 1. The number of ether oxygens (including phenoxy) is 2. The molecule has 1 spiro atoms. The average Bonchev–Trinajstić information content (AvgIpc) is 3.68. The van der Waals surface area contributed by atoms with E-state index >= 15 is 0 Å². The maximum atomic E-state index is 15.0. The molecular formula is C34H43N3O7. The molecule has 4 aliphatic heterocycles. The topological polar surface area (TPSA) is 125 Å². The SMILES string of the molecule is C[C@H]1CNC(=O)CC/C=C\CN(C2CCCCC2)C(=O)[C@H]2N([C@@H](CO)Cc3ccccc3)C(=O)[C@@H]3[C@@H](C(=O)O1)[C@H]1C=C[C@]32O1. The van der Waals surface area contributed by atoms with Gasteiger partial charge in [0.1, 0.15) is 23.7 Å². The van der Waals surface area contributed by atoms with Crippen LogP contribution >= 0.6 is 0 Å². The highest BCUT2D eigenvalue weighted by atomic mass is 16.6. The quantitative estimate of drug-likeness (QED) is 0.390. The van der Waals surface area contributed by atoms with Crippen LogP contribution in [0.2, 0.25) is 0 Å². The molecule has 1 aromatic carbocycles. The molecule has 3 fully saturated rings. The number of carbonyl (C=O) groups is 4. The van der Waals surface area contributed by atoms with E-state index < -0.39 is 47.7 Å². The molecule has 2 saturated heterocycles. The van der Waals surface area contributed by atoms with E-state index in [1.54, 1.807) is 19.1 Å².